The van der Waals surface area contributed by atoms with E-state index in [0.29, 0.717) is 43.4 Å². The summed E-state index contributed by atoms with van der Waals surface area (Å²) < 4.78 is 38.9. The maximum atomic E-state index is 13.0. The van der Waals surface area contributed by atoms with Crippen LogP contribution in [0.1, 0.15) is 21.7 Å². The second-order valence-electron chi connectivity index (χ2n) is 6.35. The summed E-state index contributed by atoms with van der Waals surface area (Å²) in [7, 11) is -2.14. The highest BCUT2D eigenvalue weighted by atomic mass is 32.2. The Bertz CT molecular complexity index is 929. The minimum atomic E-state index is -3.72. The molecule has 1 fully saturated rings. The van der Waals surface area contributed by atoms with Crippen LogP contribution in [0.5, 0.6) is 5.75 Å². The van der Waals surface area contributed by atoms with Gasteiger partial charge in [-0.3, -0.25) is 4.79 Å². The molecule has 2 heterocycles. The molecule has 1 saturated heterocycles. The number of morpholine rings is 1. The van der Waals surface area contributed by atoms with E-state index in [0.717, 1.165) is 5.56 Å². The quantitative estimate of drug-likeness (QED) is 0.763. The molecular formula is C18H23N3O5S. The monoisotopic (exact) mass is 393 g/mol. The number of aryl methyl sites for hydroxylation is 1. The van der Waals surface area contributed by atoms with Gasteiger partial charge in [0.1, 0.15) is 10.6 Å². The molecule has 1 aromatic heterocycles. The molecule has 3 rings (SSSR count). The van der Waals surface area contributed by atoms with Crippen LogP contribution in [0.15, 0.2) is 29.2 Å². The van der Waals surface area contributed by atoms with Gasteiger partial charge in [0.25, 0.3) is 5.91 Å². The van der Waals surface area contributed by atoms with Gasteiger partial charge in [0, 0.05) is 13.1 Å². The minimum Gasteiger partial charge on any atom is -0.497 e. The van der Waals surface area contributed by atoms with Crippen molar-refractivity contribution in [3.05, 3.63) is 41.2 Å². The Labute approximate surface area is 158 Å². The molecule has 0 radical (unpaired) electrons. The standard InChI is InChI=1S/C18H23N3O5S/c1-13-18(27(23,24)20-8-10-26-11-9-20)14(2)21(19-13)17(22)12-15-4-6-16(25-3)7-5-15/h4-7H,8-12H2,1-3H3. The summed E-state index contributed by atoms with van der Waals surface area (Å²) in [4.78, 5) is 12.8. The molecule has 0 unspecified atom stereocenters. The highest BCUT2D eigenvalue weighted by Gasteiger charge is 2.33. The highest BCUT2D eigenvalue weighted by molar-refractivity contribution is 7.89. The molecular weight excluding hydrogens is 370 g/mol. The number of rotatable bonds is 5. The Balaban J connectivity index is 1.87. The van der Waals surface area contributed by atoms with Gasteiger partial charge in [0.15, 0.2) is 0 Å². The zero-order chi connectivity index (χ0) is 19.6. The predicted octanol–water partition coefficient (Wildman–Crippen LogP) is 1.41. The van der Waals surface area contributed by atoms with Gasteiger partial charge in [-0.2, -0.15) is 9.40 Å². The van der Waals surface area contributed by atoms with Gasteiger partial charge in [-0.1, -0.05) is 12.1 Å². The molecule has 2 aromatic rings. The van der Waals surface area contributed by atoms with Gasteiger partial charge >= 0.3 is 0 Å². The molecule has 0 saturated carbocycles. The van der Waals surface area contributed by atoms with Crippen LogP contribution in [0.25, 0.3) is 0 Å². The third-order valence-electron chi connectivity index (χ3n) is 4.54. The van der Waals surface area contributed by atoms with E-state index in [-0.39, 0.29) is 17.2 Å². The lowest BCUT2D eigenvalue weighted by Gasteiger charge is -2.26. The minimum absolute atomic E-state index is 0.104. The topological polar surface area (TPSA) is 90.7 Å². The average molecular weight is 393 g/mol. The number of carbonyl (C=O) groups is 1. The molecule has 0 spiro atoms. The second kappa shape index (κ2) is 7.79. The first-order valence-electron chi connectivity index (χ1n) is 8.65. The summed E-state index contributed by atoms with van der Waals surface area (Å²) in [5.41, 5.74) is 1.45. The molecule has 27 heavy (non-hydrogen) atoms. The fraction of sp³-hybridized carbons (Fsp3) is 0.444. The average Bonchev–Trinajstić information content (AvgIpc) is 2.98. The zero-order valence-electron chi connectivity index (χ0n) is 15.6. The maximum absolute atomic E-state index is 13.0. The first-order chi connectivity index (χ1) is 12.8. The van der Waals surface area contributed by atoms with Gasteiger partial charge in [0.2, 0.25) is 10.0 Å². The Hall–Kier alpha value is -2.23. The molecule has 0 atom stereocenters. The van der Waals surface area contributed by atoms with Gasteiger partial charge in [-0.15, -0.1) is 0 Å². The fourth-order valence-corrected chi connectivity index (χ4v) is 4.92. The molecule has 0 N–H and O–H groups in total. The Kier molecular flexibility index (Phi) is 5.64. The molecule has 9 heteroatoms. The molecule has 1 aliphatic rings. The Morgan fingerprint density at radius 2 is 1.81 bits per heavy atom. The molecule has 8 nitrogen and oxygen atoms in total. The van der Waals surface area contributed by atoms with Crippen LogP contribution in [0, 0.1) is 13.8 Å². The van der Waals surface area contributed by atoms with Crippen molar-refractivity contribution in [2.24, 2.45) is 0 Å². The van der Waals surface area contributed by atoms with Crippen LogP contribution in [0.2, 0.25) is 0 Å². The number of ether oxygens (including phenoxy) is 2. The Morgan fingerprint density at radius 1 is 1.19 bits per heavy atom. The lowest BCUT2D eigenvalue weighted by molar-refractivity contribution is 0.0730. The SMILES string of the molecule is COc1ccc(CC(=O)n2nc(C)c(S(=O)(=O)N3CCOCC3)c2C)cc1. The molecule has 1 aromatic carbocycles. The third kappa shape index (κ3) is 3.90. The van der Waals surface area contributed by atoms with Crippen molar-refractivity contribution in [3.63, 3.8) is 0 Å². The number of hydrogen-bond acceptors (Lipinski definition) is 6. The van der Waals surface area contributed by atoms with Gasteiger partial charge < -0.3 is 9.47 Å². The lowest BCUT2D eigenvalue weighted by atomic mass is 10.1. The van der Waals surface area contributed by atoms with Crippen molar-refractivity contribution in [1.82, 2.24) is 14.1 Å². The van der Waals surface area contributed by atoms with E-state index in [1.807, 2.05) is 0 Å². The third-order valence-corrected chi connectivity index (χ3v) is 6.70. The van der Waals surface area contributed by atoms with Crippen molar-refractivity contribution >= 4 is 15.9 Å². The molecule has 0 amide bonds. The normalized spacial score (nSPS) is 15.7. The van der Waals surface area contributed by atoms with Crippen molar-refractivity contribution in [2.45, 2.75) is 25.2 Å². The fourth-order valence-electron chi connectivity index (χ4n) is 3.15. The van der Waals surface area contributed by atoms with Crippen LogP contribution in [0.3, 0.4) is 0 Å². The Morgan fingerprint density at radius 3 is 2.41 bits per heavy atom. The van der Waals surface area contributed by atoms with Crippen molar-refractivity contribution in [2.75, 3.05) is 33.4 Å². The molecule has 0 aliphatic carbocycles. The van der Waals surface area contributed by atoms with E-state index >= 15 is 0 Å². The molecule has 146 valence electrons. The molecule has 0 bridgehead atoms. The van der Waals surface area contributed by atoms with Crippen molar-refractivity contribution in [1.29, 1.82) is 0 Å². The highest BCUT2D eigenvalue weighted by Crippen LogP contribution is 2.24. The first kappa shape index (κ1) is 19.5. The number of methoxy groups -OCH3 is 1. The zero-order valence-corrected chi connectivity index (χ0v) is 16.5. The van der Waals surface area contributed by atoms with E-state index in [2.05, 4.69) is 5.10 Å². The van der Waals surface area contributed by atoms with Crippen LogP contribution >= 0.6 is 0 Å². The summed E-state index contributed by atoms with van der Waals surface area (Å²) >= 11 is 0. The van der Waals surface area contributed by atoms with Crippen LogP contribution in [-0.2, 0) is 21.2 Å². The number of sulfonamides is 1. The van der Waals surface area contributed by atoms with Crippen LogP contribution < -0.4 is 4.74 Å². The number of aromatic nitrogens is 2. The van der Waals surface area contributed by atoms with E-state index < -0.39 is 10.0 Å². The summed E-state index contributed by atoms with van der Waals surface area (Å²) in [5.74, 6) is 0.417. The number of carbonyl (C=O) groups excluding carboxylic acids is 1. The van der Waals surface area contributed by atoms with E-state index in [4.69, 9.17) is 9.47 Å². The first-order valence-corrected chi connectivity index (χ1v) is 10.1. The maximum Gasteiger partial charge on any atom is 0.251 e. The van der Waals surface area contributed by atoms with E-state index in [1.54, 1.807) is 45.2 Å². The van der Waals surface area contributed by atoms with Crippen LogP contribution in [-0.4, -0.2) is 61.8 Å². The largest absolute Gasteiger partial charge is 0.497 e. The lowest BCUT2D eigenvalue weighted by Crippen LogP contribution is -2.41. The summed E-state index contributed by atoms with van der Waals surface area (Å²) in [6.45, 7) is 4.54. The van der Waals surface area contributed by atoms with E-state index in [1.165, 1.54) is 8.99 Å². The van der Waals surface area contributed by atoms with Crippen LogP contribution in [0.4, 0.5) is 0 Å². The van der Waals surface area contributed by atoms with Gasteiger partial charge in [-0.05, 0) is 31.5 Å². The van der Waals surface area contributed by atoms with E-state index in [9.17, 15) is 13.2 Å². The van der Waals surface area contributed by atoms with Gasteiger partial charge in [0.05, 0.1) is 38.1 Å². The smallest absolute Gasteiger partial charge is 0.251 e. The van der Waals surface area contributed by atoms with Crippen molar-refractivity contribution < 1.29 is 22.7 Å². The summed E-state index contributed by atoms with van der Waals surface area (Å²) in [6.07, 6.45) is 0.114. The van der Waals surface area contributed by atoms with Gasteiger partial charge in [-0.25, -0.2) is 13.1 Å². The van der Waals surface area contributed by atoms with Crippen molar-refractivity contribution in [3.8, 4) is 5.75 Å². The number of nitrogens with zero attached hydrogens (tertiary/aromatic N) is 3. The second-order valence-corrected chi connectivity index (χ2v) is 8.22. The number of hydrogen-bond donors (Lipinski definition) is 0. The molecule has 1 aliphatic heterocycles. The predicted molar refractivity (Wildman–Crippen MR) is 98.6 cm³/mol. The number of benzene rings is 1. The summed E-state index contributed by atoms with van der Waals surface area (Å²) in [5, 5.41) is 4.21. The summed E-state index contributed by atoms with van der Waals surface area (Å²) in [6, 6.07) is 7.15.